The van der Waals surface area contributed by atoms with Gasteiger partial charge in [-0.05, 0) is 0 Å². The van der Waals surface area contributed by atoms with E-state index in [9.17, 15) is 26.3 Å². The molecular formula is C4H5F6N. The molecule has 0 saturated carbocycles. The van der Waals surface area contributed by atoms with Gasteiger partial charge in [-0.3, -0.25) is 0 Å². The van der Waals surface area contributed by atoms with Gasteiger partial charge in [0, 0.05) is 6.54 Å². The monoisotopic (exact) mass is 181 g/mol. The van der Waals surface area contributed by atoms with E-state index in [1.165, 1.54) is 0 Å². The molecule has 0 amide bonds. The van der Waals surface area contributed by atoms with Gasteiger partial charge >= 0.3 is 12.1 Å². The Morgan fingerprint density at radius 1 is 1.09 bits per heavy atom. The third kappa shape index (κ3) is 1.98. The zero-order chi connectivity index (χ0) is 9.28. The first kappa shape index (κ1) is 10.5. The van der Waals surface area contributed by atoms with Gasteiger partial charge in [0.05, 0.1) is 0 Å². The summed E-state index contributed by atoms with van der Waals surface area (Å²) in [5.41, 5.74) is 4.30. The highest BCUT2D eigenvalue weighted by Crippen LogP contribution is 2.38. The van der Waals surface area contributed by atoms with Crippen LogP contribution in [0.25, 0.3) is 0 Å². The first-order chi connectivity index (χ1) is 4.73. The Labute approximate surface area is 58.2 Å². The van der Waals surface area contributed by atoms with E-state index < -0.39 is 24.8 Å². The molecule has 0 bridgehead atoms. The summed E-state index contributed by atoms with van der Waals surface area (Å²) in [7, 11) is 0. The van der Waals surface area contributed by atoms with Crippen LogP contribution in [-0.4, -0.2) is 24.8 Å². The average Bonchev–Trinajstić information content (AvgIpc) is 1.83. The normalized spacial score (nSPS) is 16.6. The molecule has 11 heavy (non-hydrogen) atoms. The van der Waals surface area contributed by atoms with Crippen LogP contribution in [0.5, 0.6) is 0 Å². The molecule has 2 N–H and O–H groups in total. The summed E-state index contributed by atoms with van der Waals surface area (Å²) in [5.74, 6) is -5.35. The Balaban J connectivity index is 4.45. The van der Waals surface area contributed by atoms with Gasteiger partial charge in [-0.15, -0.1) is 0 Å². The highest BCUT2D eigenvalue weighted by Gasteiger charge is 2.62. The van der Waals surface area contributed by atoms with Crippen LogP contribution in [-0.2, 0) is 0 Å². The molecule has 0 saturated heterocycles. The molecule has 0 radical (unpaired) electrons. The lowest BCUT2D eigenvalue weighted by atomic mass is 10.2. The van der Waals surface area contributed by atoms with Crippen LogP contribution < -0.4 is 5.73 Å². The molecule has 68 valence electrons. The third-order valence-corrected chi connectivity index (χ3v) is 0.978. The van der Waals surface area contributed by atoms with Crippen molar-refractivity contribution in [3.63, 3.8) is 0 Å². The van der Waals surface area contributed by atoms with E-state index in [0.717, 1.165) is 0 Å². The lowest BCUT2D eigenvalue weighted by Gasteiger charge is -2.21. The molecule has 0 fully saturated rings. The van der Waals surface area contributed by atoms with Crippen molar-refractivity contribution < 1.29 is 26.3 Å². The Morgan fingerprint density at radius 2 is 1.45 bits per heavy atom. The molecular weight excluding hydrogens is 176 g/mol. The van der Waals surface area contributed by atoms with Gasteiger partial charge in [-0.2, -0.15) is 22.0 Å². The van der Waals surface area contributed by atoms with Crippen molar-refractivity contribution in [2.24, 2.45) is 5.73 Å². The fourth-order valence-corrected chi connectivity index (χ4v) is 0.326. The average molecular weight is 181 g/mol. The molecule has 0 aliphatic heterocycles. The number of halogens is 6. The number of rotatable bonds is 2. The van der Waals surface area contributed by atoms with Crippen LogP contribution >= 0.6 is 0 Å². The molecule has 1 atom stereocenters. The zero-order valence-electron chi connectivity index (χ0n) is 5.13. The fraction of sp³-hybridized carbons (Fsp3) is 1.00. The summed E-state index contributed by atoms with van der Waals surface area (Å²) in [6.45, 7) is -1.35. The van der Waals surface area contributed by atoms with Crippen molar-refractivity contribution >= 4 is 0 Å². The molecule has 0 aromatic rings. The molecule has 0 rings (SSSR count). The third-order valence-electron chi connectivity index (χ3n) is 0.978. The van der Waals surface area contributed by atoms with E-state index in [0.29, 0.717) is 0 Å². The van der Waals surface area contributed by atoms with E-state index in [2.05, 4.69) is 5.73 Å². The largest absolute Gasteiger partial charge is 0.456 e. The van der Waals surface area contributed by atoms with Crippen molar-refractivity contribution in [3.05, 3.63) is 0 Å². The molecule has 0 aromatic heterocycles. The van der Waals surface area contributed by atoms with Crippen LogP contribution in [0.4, 0.5) is 26.3 Å². The molecule has 0 heterocycles. The summed E-state index contributed by atoms with van der Waals surface area (Å²) in [6.07, 6.45) is -9.24. The second kappa shape index (κ2) is 2.88. The van der Waals surface area contributed by atoms with Crippen LogP contribution in [0.3, 0.4) is 0 Å². The van der Waals surface area contributed by atoms with E-state index in [1.807, 2.05) is 0 Å². The summed E-state index contributed by atoms with van der Waals surface area (Å²) in [5, 5.41) is 0. The van der Waals surface area contributed by atoms with Crippen LogP contribution in [0.2, 0.25) is 0 Å². The van der Waals surface area contributed by atoms with Crippen LogP contribution in [0.15, 0.2) is 0 Å². The van der Waals surface area contributed by atoms with Gasteiger partial charge in [0.25, 0.3) is 0 Å². The predicted octanol–water partition coefficient (Wildman–Crippen LogP) is 1.48. The molecule has 0 aliphatic carbocycles. The van der Waals surface area contributed by atoms with Crippen LogP contribution in [0.1, 0.15) is 0 Å². The maximum Gasteiger partial charge on any atom is 0.456 e. The van der Waals surface area contributed by atoms with Gasteiger partial charge in [-0.1, -0.05) is 0 Å². The lowest BCUT2D eigenvalue weighted by molar-refractivity contribution is -0.301. The molecule has 7 heteroatoms. The molecule has 0 aromatic carbocycles. The van der Waals surface area contributed by atoms with Crippen LogP contribution in [0, 0.1) is 0 Å². The van der Waals surface area contributed by atoms with Crippen molar-refractivity contribution in [2.75, 3.05) is 6.54 Å². The standard InChI is InChI=1S/C4H5F6N/c5-2(1-11)3(6,7)4(8,9)10/h2H,1,11H2. The van der Waals surface area contributed by atoms with E-state index in [4.69, 9.17) is 0 Å². The first-order valence-corrected chi connectivity index (χ1v) is 2.52. The second-order valence-electron chi connectivity index (χ2n) is 1.82. The minimum atomic E-state index is -5.87. The van der Waals surface area contributed by atoms with E-state index in [1.54, 1.807) is 0 Å². The SMILES string of the molecule is NCC(F)C(F)(F)C(F)(F)F. The Kier molecular flexibility index (Phi) is 2.76. The quantitative estimate of drug-likeness (QED) is 0.641. The second-order valence-corrected chi connectivity index (χ2v) is 1.82. The predicted molar refractivity (Wildman–Crippen MR) is 25.0 cm³/mol. The number of alkyl halides is 6. The number of hydrogen-bond donors (Lipinski definition) is 1. The van der Waals surface area contributed by atoms with Gasteiger partial charge < -0.3 is 5.73 Å². The molecule has 1 unspecified atom stereocenters. The maximum absolute atomic E-state index is 11.8. The van der Waals surface area contributed by atoms with Crippen molar-refractivity contribution in [3.8, 4) is 0 Å². The van der Waals surface area contributed by atoms with Gasteiger partial charge in [0.2, 0.25) is 0 Å². The highest BCUT2D eigenvalue weighted by molar-refractivity contribution is 4.84. The van der Waals surface area contributed by atoms with Gasteiger partial charge in [0.15, 0.2) is 6.17 Å². The van der Waals surface area contributed by atoms with E-state index >= 15 is 0 Å². The number of hydrogen-bond acceptors (Lipinski definition) is 1. The van der Waals surface area contributed by atoms with Crippen molar-refractivity contribution in [1.29, 1.82) is 0 Å². The lowest BCUT2D eigenvalue weighted by Crippen LogP contribution is -2.48. The number of nitrogens with two attached hydrogens (primary N) is 1. The first-order valence-electron chi connectivity index (χ1n) is 2.52. The molecule has 0 aliphatic rings. The van der Waals surface area contributed by atoms with Crippen molar-refractivity contribution in [1.82, 2.24) is 0 Å². The Morgan fingerprint density at radius 3 is 1.55 bits per heavy atom. The highest BCUT2D eigenvalue weighted by atomic mass is 19.4. The minimum Gasteiger partial charge on any atom is -0.328 e. The fourth-order valence-electron chi connectivity index (χ4n) is 0.326. The molecule has 1 nitrogen and oxygen atoms in total. The molecule has 0 spiro atoms. The Hall–Kier alpha value is -0.460. The van der Waals surface area contributed by atoms with E-state index in [-0.39, 0.29) is 0 Å². The summed E-state index contributed by atoms with van der Waals surface area (Å²) >= 11 is 0. The maximum atomic E-state index is 11.8. The Bertz CT molecular complexity index is 129. The summed E-state index contributed by atoms with van der Waals surface area (Å²) in [6, 6.07) is 0. The minimum absolute atomic E-state index is 1.35. The van der Waals surface area contributed by atoms with Gasteiger partial charge in [0.1, 0.15) is 0 Å². The zero-order valence-corrected chi connectivity index (χ0v) is 5.13. The van der Waals surface area contributed by atoms with Crippen molar-refractivity contribution in [2.45, 2.75) is 18.3 Å². The van der Waals surface area contributed by atoms with Gasteiger partial charge in [-0.25, -0.2) is 4.39 Å². The summed E-state index contributed by atoms with van der Waals surface area (Å²) < 4.78 is 69.0. The summed E-state index contributed by atoms with van der Waals surface area (Å²) in [4.78, 5) is 0. The smallest absolute Gasteiger partial charge is 0.328 e. The topological polar surface area (TPSA) is 26.0 Å².